The molecule has 5 nitrogen and oxygen atoms in total. The van der Waals surface area contributed by atoms with Gasteiger partial charge in [0.2, 0.25) is 0 Å². The van der Waals surface area contributed by atoms with Gasteiger partial charge in [0, 0.05) is 5.02 Å². The number of halogens is 2. The van der Waals surface area contributed by atoms with Crippen LogP contribution in [0.1, 0.15) is 11.1 Å². The van der Waals surface area contributed by atoms with Crippen molar-refractivity contribution in [3.05, 3.63) is 63.6 Å². The number of nitriles is 1. The molecule has 0 aliphatic rings. The van der Waals surface area contributed by atoms with E-state index in [1.807, 2.05) is 6.07 Å². The van der Waals surface area contributed by atoms with Gasteiger partial charge in [-0.25, -0.2) is 5.43 Å². The Hall–Kier alpha value is -2.55. The number of nitrogens with zero attached hydrogens (tertiary/aromatic N) is 2. The number of nitrogens with one attached hydrogen (secondary N) is 1. The highest BCUT2D eigenvalue weighted by atomic mass is 35.5. The summed E-state index contributed by atoms with van der Waals surface area (Å²) in [6.45, 7) is -0.230. The smallest absolute Gasteiger partial charge is 0.277 e. The van der Waals surface area contributed by atoms with E-state index in [1.54, 1.807) is 36.4 Å². The van der Waals surface area contributed by atoms with Gasteiger partial charge < -0.3 is 4.74 Å². The fourth-order valence-electron chi connectivity index (χ4n) is 1.59. The number of benzene rings is 2. The third-order valence-electron chi connectivity index (χ3n) is 2.70. The molecule has 0 saturated carbocycles. The molecule has 0 spiro atoms. The van der Waals surface area contributed by atoms with Crippen LogP contribution in [0.3, 0.4) is 0 Å². The summed E-state index contributed by atoms with van der Waals surface area (Å²) in [4.78, 5) is 11.6. The van der Waals surface area contributed by atoms with E-state index in [2.05, 4.69) is 10.5 Å². The minimum Gasteiger partial charge on any atom is -0.482 e. The summed E-state index contributed by atoms with van der Waals surface area (Å²) in [5, 5.41) is 13.3. The third kappa shape index (κ3) is 5.29. The second kappa shape index (κ2) is 8.18. The first-order chi connectivity index (χ1) is 11.1. The molecule has 0 aliphatic heterocycles. The predicted octanol–water partition coefficient (Wildman–Crippen LogP) is 3.39. The largest absolute Gasteiger partial charge is 0.482 e. The number of carbonyl (C=O) groups is 1. The van der Waals surface area contributed by atoms with Crippen LogP contribution in [-0.4, -0.2) is 18.7 Å². The second-order valence-corrected chi connectivity index (χ2v) is 5.23. The molecule has 0 heterocycles. The first-order valence-corrected chi connectivity index (χ1v) is 7.24. The Morgan fingerprint density at radius 3 is 2.65 bits per heavy atom. The summed E-state index contributed by atoms with van der Waals surface area (Å²) < 4.78 is 5.27. The SMILES string of the molecule is N#Cc1ccc(/C=N/NC(=O)COc2ccc(Cl)cc2Cl)cc1. The van der Waals surface area contributed by atoms with Gasteiger partial charge in [-0.05, 0) is 35.9 Å². The highest BCUT2D eigenvalue weighted by Crippen LogP contribution is 2.27. The van der Waals surface area contributed by atoms with Gasteiger partial charge in [0.05, 0.1) is 22.9 Å². The Balaban J connectivity index is 1.82. The third-order valence-corrected chi connectivity index (χ3v) is 3.23. The minimum absolute atomic E-state index is 0.230. The first kappa shape index (κ1) is 16.8. The molecule has 7 heteroatoms. The molecule has 0 fully saturated rings. The monoisotopic (exact) mass is 347 g/mol. The maximum Gasteiger partial charge on any atom is 0.277 e. The van der Waals surface area contributed by atoms with Gasteiger partial charge in [-0.15, -0.1) is 0 Å². The Morgan fingerprint density at radius 1 is 1.26 bits per heavy atom. The van der Waals surface area contributed by atoms with Gasteiger partial charge in [0.1, 0.15) is 5.75 Å². The molecule has 0 atom stereocenters. The van der Waals surface area contributed by atoms with Crippen molar-refractivity contribution in [1.29, 1.82) is 5.26 Å². The lowest BCUT2D eigenvalue weighted by atomic mass is 10.2. The number of carbonyl (C=O) groups excluding carboxylic acids is 1. The summed E-state index contributed by atoms with van der Waals surface area (Å²) in [6, 6.07) is 13.5. The molecule has 0 aromatic heterocycles. The van der Waals surface area contributed by atoms with E-state index in [0.717, 1.165) is 5.56 Å². The number of hydrogen-bond acceptors (Lipinski definition) is 4. The van der Waals surface area contributed by atoms with Gasteiger partial charge in [-0.2, -0.15) is 10.4 Å². The number of amides is 1. The summed E-state index contributed by atoms with van der Waals surface area (Å²) >= 11 is 11.7. The van der Waals surface area contributed by atoms with Crippen molar-refractivity contribution >= 4 is 35.3 Å². The zero-order valence-corrected chi connectivity index (χ0v) is 13.3. The lowest BCUT2D eigenvalue weighted by molar-refractivity contribution is -0.123. The Labute approximate surface area is 143 Å². The Kier molecular flexibility index (Phi) is 5.98. The summed E-state index contributed by atoms with van der Waals surface area (Å²) in [7, 11) is 0. The number of hydrazone groups is 1. The minimum atomic E-state index is -0.430. The molecular weight excluding hydrogens is 337 g/mol. The van der Waals surface area contributed by atoms with Crippen LogP contribution >= 0.6 is 23.2 Å². The molecule has 0 aliphatic carbocycles. The highest BCUT2D eigenvalue weighted by molar-refractivity contribution is 6.35. The van der Waals surface area contributed by atoms with Crippen LogP contribution in [0, 0.1) is 11.3 Å². The zero-order valence-electron chi connectivity index (χ0n) is 11.8. The fourth-order valence-corrected chi connectivity index (χ4v) is 2.05. The average Bonchev–Trinajstić information content (AvgIpc) is 2.54. The molecule has 0 bridgehead atoms. The van der Waals surface area contributed by atoms with E-state index < -0.39 is 5.91 Å². The molecular formula is C16H11Cl2N3O2. The average molecular weight is 348 g/mol. The van der Waals surface area contributed by atoms with Crippen LogP contribution in [0.25, 0.3) is 0 Å². The highest BCUT2D eigenvalue weighted by Gasteiger charge is 2.05. The van der Waals surface area contributed by atoms with Gasteiger partial charge in [0.25, 0.3) is 5.91 Å². The van der Waals surface area contributed by atoms with E-state index in [0.29, 0.717) is 21.4 Å². The van der Waals surface area contributed by atoms with E-state index in [9.17, 15) is 4.79 Å². The summed E-state index contributed by atoms with van der Waals surface area (Å²) in [5.74, 6) is -0.0665. The van der Waals surface area contributed by atoms with E-state index in [4.69, 9.17) is 33.2 Å². The van der Waals surface area contributed by atoms with Gasteiger partial charge in [0.15, 0.2) is 6.61 Å². The standard InChI is InChI=1S/C16H11Cl2N3O2/c17-13-5-6-15(14(18)7-13)23-10-16(22)21-20-9-12-3-1-11(8-19)2-4-12/h1-7,9H,10H2,(H,21,22)/b20-9+. The predicted molar refractivity (Wildman–Crippen MR) is 88.9 cm³/mol. The fraction of sp³-hybridized carbons (Fsp3) is 0.0625. The van der Waals surface area contributed by atoms with E-state index >= 15 is 0 Å². The normalized spacial score (nSPS) is 10.3. The summed E-state index contributed by atoms with van der Waals surface area (Å²) in [5.41, 5.74) is 3.64. The van der Waals surface area contributed by atoms with Gasteiger partial charge >= 0.3 is 0 Å². The molecule has 0 radical (unpaired) electrons. The van der Waals surface area contributed by atoms with Crippen LogP contribution in [0.15, 0.2) is 47.6 Å². The lowest BCUT2D eigenvalue weighted by Gasteiger charge is -2.06. The Bertz CT molecular complexity index is 768. The van der Waals surface area contributed by atoms with Crippen LogP contribution in [-0.2, 0) is 4.79 Å². The van der Waals surface area contributed by atoms with Gasteiger partial charge in [-0.1, -0.05) is 35.3 Å². The van der Waals surface area contributed by atoms with Crippen LogP contribution < -0.4 is 10.2 Å². The number of rotatable bonds is 5. The second-order valence-electron chi connectivity index (χ2n) is 4.39. The number of hydrogen-bond donors (Lipinski definition) is 1. The first-order valence-electron chi connectivity index (χ1n) is 6.48. The maximum atomic E-state index is 11.6. The van der Waals surface area contributed by atoms with Crippen molar-refractivity contribution in [2.45, 2.75) is 0 Å². The van der Waals surface area contributed by atoms with Crippen molar-refractivity contribution in [3.63, 3.8) is 0 Å². The topological polar surface area (TPSA) is 74.5 Å². The molecule has 116 valence electrons. The summed E-state index contributed by atoms with van der Waals surface area (Å²) in [6.07, 6.45) is 1.47. The quantitative estimate of drug-likeness (QED) is 0.665. The van der Waals surface area contributed by atoms with Crippen molar-refractivity contribution in [2.75, 3.05) is 6.61 Å². The lowest BCUT2D eigenvalue weighted by Crippen LogP contribution is -2.24. The molecule has 23 heavy (non-hydrogen) atoms. The van der Waals surface area contributed by atoms with Crippen molar-refractivity contribution in [2.24, 2.45) is 5.10 Å². The van der Waals surface area contributed by atoms with E-state index in [1.165, 1.54) is 12.3 Å². The van der Waals surface area contributed by atoms with Crippen LogP contribution in [0.5, 0.6) is 5.75 Å². The van der Waals surface area contributed by atoms with Crippen molar-refractivity contribution in [1.82, 2.24) is 5.43 Å². The van der Waals surface area contributed by atoms with E-state index in [-0.39, 0.29) is 6.61 Å². The van der Waals surface area contributed by atoms with Gasteiger partial charge in [-0.3, -0.25) is 4.79 Å². The molecule has 2 rings (SSSR count). The Morgan fingerprint density at radius 2 is 2.00 bits per heavy atom. The molecule has 2 aromatic rings. The molecule has 1 amide bonds. The maximum absolute atomic E-state index is 11.6. The van der Waals surface area contributed by atoms with Crippen LogP contribution in [0.4, 0.5) is 0 Å². The van der Waals surface area contributed by atoms with Crippen molar-refractivity contribution < 1.29 is 9.53 Å². The van der Waals surface area contributed by atoms with Crippen molar-refractivity contribution in [3.8, 4) is 11.8 Å². The molecule has 2 aromatic carbocycles. The molecule has 1 N–H and O–H groups in total. The molecule has 0 saturated heterocycles. The van der Waals surface area contributed by atoms with Crippen LogP contribution in [0.2, 0.25) is 10.0 Å². The number of ether oxygens (including phenoxy) is 1. The molecule has 0 unspecified atom stereocenters. The zero-order chi connectivity index (χ0) is 16.7.